The third kappa shape index (κ3) is 2.97. The van der Waals surface area contributed by atoms with Gasteiger partial charge in [0.25, 0.3) is 0 Å². The van der Waals surface area contributed by atoms with E-state index in [9.17, 15) is 0 Å². The lowest BCUT2D eigenvalue weighted by molar-refractivity contribution is 1.10. The van der Waals surface area contributed by atoms with Gasteiger partial charge in [-0.3, -0.25) is 0 Å². The number of rotatable bonds is 4. The SMILES string of the molecule is CCc1ccc(CNc2nc(Cl)cs2)cc1. The van der Waals surface area contributed by atoms with Gasteiger partial charge in [0, 0.05) is 11.9 Å². The van der Waals surface area contributed by atoms with Gasteiger partial charge in [-0.05, 0) is 17.5 Å². The van der Waals surface area contributed by atoms with Crippen molar-refractivity contribution >= 4 is 28.1 Å². The minimum absolute atomic E-state index is 0.550. The molecule has 0 spiro atoms. The molecule has 1 aromatic carbocycles. The Balaban J connectivity index is 1.94. The lowest BCUT2D eigenvalue weighted by Gasteiger charge is -2.03. The Bertz CT molecular complexity index is 450. The second kappa shape index (κ2) is 5.32. The van der Waals surface area contributed by atoms with Gasteiger partial charge in [0.05, 0.1) is 0 Å². The largest absolute Gasteiger partial charge is 0.357 e. The van der Waals surface area contributed by atoms with Gasteiger partial charge in [-0.15, -0.1) is 11.3 Å². The molecule has 1 N–H and O–H groups in total. The van der Waals surface area contributed by atoms with Gasteiger partial charge >= 0.3 is 0 Å². The van der Waals surface area contributed by atoms with Crippen molar-refractivity contribution in [1.82, 2.24) is 4.98 Å². The maximum Gasteiger partial charge on any atom is 0.184 e. The van der Waals surface area contributed by atoms with Crippen molar-refractivity contribution in [2.75, 3.05) is 5.32 Å². The summed E-state index contributed by atoms with van der Waals surface area (Å²) in [6.07, 6.45) is 1.08. The standard InChI is InChI=1S/C12H13ClN2S/c1-2-9-3-5-10(6-4-9)7-14-12-15-11(13)8-16-12/h3-6,8H,2,7H2,1H3,(H,14,15). The molecule has 0 radical (unpaired) electrons. The number of thiazole rings is 1. The predicted octanol–water partition coefficient (Wildman–Crippen LogP) is 3.97. The average molecular weight is 253 g/mol. The highest BCUT2D eigenvalue weighted by atomic mass is 35.5. The van der Waals surface area contributed by atoms with Crippen LogP contribution in [0.4, 0.5) is 5.13 Å². The summed E-state index contributed by atoms with van der Waals surface area (Å²) in [4.78, 5) is 4.13. The number of aryl methyl sites for hydroxylation is 1. The summed E-state index contributed by atoms with van der Waals surface area (Å²) in [5.74, 6) is 0. The van der Waals surface area contributed by atoms with Crippen LogP contribution in [0.1, 0.15) is 18.1 Å². The third-order valence-corrected chi connectivity index (χ3v) is 3.47. The molecule has 4 heteroatoms. The Hall–Kier alpha value is -1.06. The van der Waals surface area contributed by atoms with Crippen molar-refractivity contribution in [2.45, 2.75) is 19.9 Å². The third-order valence-electron chi connectivity index (χ3n) is 2.35. The summed E-state index contributed by atoms with van der Waals surface area (Å²) < 4.78 is 0. The van der Waals surface area contributed by atoms with Crippen LogP contribution in [0.15, 0.2) is 29.6 Å². The van der Waals surface area contributed by atoms with E-state index in [1.807, 2.05) is 5.38 Å². The first-order chi connectivity index (χ1) is 7.78. The van der Waals surface area contributed by atoms with Crippen LogP contribution in [-0.4, -0.2) is 4.98 Å². The molecule has 1 aromatic heterocycles. The lowest BCUT2D eigenvalue weighted by atomic mass is 10.1. The Morgan fingerprint density at radius 1 is 1.25 bits per heavy atom. The zero-order chi connectivity index (χ0) is 11.4. The van der Waals surface area contributed by atoms with Crippen LogP contribution in [0.5, 0.6) is 0 Å². The van der Waals surface area contributed by atoms with Crippen molar-refractivity contribution < 1.29 is 0 Å². The number of hydrogen-bond donors (Lipinski definition) is 1. The number of anilines is 1. The number of halogens is 1. The van der Waals surface area contributed by atoms with E-state index in [0.29, 0.717) is 5.15 Å². The van der Waals surface area contributed by atoms with Crippen LogP contribution >= 0.6 is 22.9 Å². The van der Waals surface area contributed by atoms with Gasteiger partial charge in [0.15, 0.2) is 5.13 Å². The molecule has 2 rings (SSSR count). The van der Waals surface area contributed by atoms with Crippen LogP contribution in [0.2, 0.25) is 5.15 Å². The summed E-state index contributed by atoms with van der Waals surface area (Å²) in [7, 11) is 0. The molecule has 16 heavy (non-hydrogen) atoms. The molecule has 0 bridgehead atoms. The molecule has 0 amide bonds. The van der Waals surface area contributed by atoms with Gasteiger partial charge in [0.1, 0.15) is 5.15 Å². The maximum atomic E-state index is 5.74. The molecular formula is C12H13ClN2S. The van der Waals surface area contributed by atoms with Gasteiger partial charge in [-0.25, -0.2) is 4.98 Å². The highest BCUT2D eigenvalue weighted by Crippen LogP contribution is 2.19. The fourth-order valence-corrected chi connectivity index (χ4v) is 2.24. The lowest BCUT2D eigenvalue weighted by Crippen LogP contribution is -1.98. The summed E-state index contributed by atoms with van der Waals surface area (Å²) in [6.45, 7) is 2.94. The van der Waals surface area contributed by atoms with Crippen molar-refractivity contribution in [2.24, 2.45) is 0 Å². The van der Waals surface area contributed by atoms with Crippen molar-refractivity contribution in [3.8, 4) is 0 Å². The quantitative estimate of drug-likeness (QED) is 0.891. The number of benzene rings is 1. The molecule has 2 aromatic rings. The molecule has 2 nitrogen and oxygen atoms in total. The molecule has 0 saturated carbocycles. The fraction of sp³-hybridized carbons (Fsp3) is 0.250. The molecule has 0 fully saturated rings. The van der Waals surface area contributed by atoms with Crippen LogP contribution < -0.4 is 5.32 Å². The van der Waals surface area contributed by atoms with Gasteiger partial charge < -0.3 is 5.32 Å². The van der Waals surface area contributed by atoms with Crippen LogP contribution in [0.25, 0.3) is 0 Å². The van der Waals surface area contributed by atoms with E-state index in [1.165, 1.54) is 22.5 Å². The first kappa shape index (κ1) is 11.4. The topological polar surface area (TPSA) is 24.9 Å². The predicted molar refractivity (Wildman–Crippen MR) is 70.3 cm³/mol. The van der Waals surface area contributed by atoms with Crippen molar-refractivity contribution in [3.05, 3.63) is 45.9 Å². The van der Waals surface area contributed by atoms with E-state index in [2.05, 4.69) is 41.5 Å². The van der Waals surface area contributed by atoms with E-state index in [-0.39, 0.29) is 0 Å². The van der Waals surface area contributed by atoms with Gasteiger partial charge in [-0.1, -0.05) is 42.8 Å². The Kier molecular flexibility index (Phi) is 3.80. The average Bonchev–Trinajstić information content (AvgIpc) is 2.73. The number of hydrogen-bond acceptors (Lipinski definition) is 3. The zero-order valence-electron chi connectivity index (χ0n) is 9.03. The fourth-order valence-electron chi connectivity index (χ4n) is 1.41. The molecular weight excluding hydrogens is 240 g/mol. The minimum Gasteiger partial charge on any atom is -0.357 e. The minimum atomic E-state index is 0.550. The Labute approximate surface area is 104 Å². The van der Waals surface area contributed by atoms with E-state index >= 15 is 0 Å². The summed E-state index contributed by atoms with van der Waals surface area (Å²) in [5.41, 5.74) is 2.62. The van der Waals surface area contributed by atoms with E-state index < -0.39 is 0 Å². The number of nitrogens with one attached hydrogen (secondary N) is 1. The van der Waals surface area contributed by atoms with E-state index in [1.54, 1.807) is 0 Å². The molecule has 0 aliphatic rings. The first-order valence-corrected chi connectivity index (χ1v) is 6.46. The second-order valence-corrected chi connectivity index (χ2v) is 4.74. The van der Waals surface area contributed by atoms with Crippen LogP contribution in [-0.2, 0) is 13.0 Å². The molecule has 0 atom stereocenters. The summed E-state index contributed by atoms with van der Waals surface area (Å²) >= 11 is 7.26. The Morgan fingerprint density at radius 2 is 1.94 bits per heavy atom. The summed E-state index contributed by atoms with van der Waals surface area (Å²) in [5, 5.41) is 6.48. The molecule has 1 heterocycles. The van der Waals surface area contributed by atoms with E-state index in [0.717, 1.165) is 18.1 Å². The van der Waals surface area contributed by atoms with Crippen LogP contribution in [0.3, 0.4) is 0 Å². The normalized spacial score (nSPS) is 10.4. The monoisotopic (exact) mass is 252 g/mol. The van der Waals surface area contributed by atoms with E-state index in [4.69, 9.17) is 11.6 Å². The number of aromatic nitrogens is 1. The highest BCUT2D eigenvalue weighted by Gasteiger charge is 1.99. The molecule has 0 aliphatic carbocycles. The van der Waals surface area contributed by atoms with Gasteiger partial charge in [0.2, 0.25) is 0 Å². The van der Waals surface area contributed by atoms with Crippen molar-refractivity contribution in [1.29, 1.82) is 0 Å². The molecule has 0 unspecified atom stereocenters. The smallest absolute Gasteiger partial charge is 0.184 e. The zero-order valence-corrected chi connectivity index (χ0v) is 10.6. The molecule has 84 valence electrons. The maximum absolute atomic E-state index is 5.74. The Morgan fingerprint density at radius 3 is 2.50 bits per heavy atom. The summed E-state index contributed by atoms with van der Waals surface area (Å²) in [6, 6.07) is 8.60. The van der Waals surface area contributed by atoms with Gasteiger partial charge in [-0.2, -0.15) is 0 Å². The van der Waals surface area contributed by atoms with Crippen LogP contribution in [0, 0.1) is 0 Å². The molecule has 0 saturated heterocycles. The molecule has 0 aliphatic heterocycles. The first-order valence-electron chi connectivity index (χ1n) is 5.20. The van der Waals surface area contributed by atoms with Crippen molar-refractivity contribution in [3.63, 3.8) is 0 Å². The number of nitrogens with zero attached hydrogens (tertiary/aromatic N) is 1. The second-order valence-electron chi connectivity index (χ2n) is 3.50. The highest BCUT2D eigenvalue weighted by molar-refractivity contribution is 7.14.